The summed E-state index contributed by atoms with van der Waals surface area (Å²) >= 11 is 0. The van der Waals surface area contributed by atoms with E-state index < -0.39 is 23.8 Å². The number of aryl methyl sites for hydroxylation is 1. The van der Waals surface area contributed by atoms with Gasteiger partial charge in [0.1, 0.15) is 5.82 Å². The SMILES string of the molecule is Cc1nc2cc(F)ccc2cc1C(=O)O[C@@H](C)C(=O)Nc1ccc(N(C)C)cc1. The van der Waals surface area contributed by atoms with Gasteiger partial charge >= 0.3 is 5.97 Å². The first-order chi connectivity index (χ1) is 13.7. The molecule has 1 N–H and O–H groups in total. The third-order valence-corrected chi connectivity index (χ3v) is 4.49. The van der Waals surface area contributed by atoms with Gasteiger partial charge in [-0.3, -0.25) is 9.78 Å². The van der Waals surface area contributed by atoms with Crippen LogP contribution in [0.1, 0.15) is 23.0 Å². The number of halogens is 1. The molecule has 0 saturated carbocycles. The lowest BCUT2D eigenvalue weighted by atomic mass is 10.1. The molecule has 0 spiro atoms. The number of nitrogens with one attached hydrogen (secondary N) is 1. The molecule has 1 aromatic heterocycles. The van der Waals surface area contributed by atoms with Crippen LogP contribution in [0.2, 0.25) is 0 Å². The van der Waals surface area contributed by atoms with Crippen molar-refractivity contribution in [2.24, 2.45) is 0 Å². The van der Waals surface area contributed by atoms with Crippen LogP contribution in [0.15, 0.2) is 48.5 Å². The zero-order chi connectivity index (χ0) is 21.1. The molecule has 0 bridgehead atoms. The smallest absolute Gasteiger partial charge is 0.340 e. The van der Waals surface area contributed by atoms with E-state index in [4.69, 9.17) is 4.74 Å². The van der Waals surface area contributed by atoms with Crippen LogP contribution in [0.3, 0.4) is 0 Å². The van der Waals surface area contributed by atoms with Gasteiger partial charge in [-0.05, 0) is 56.3 Å². The minimum absolute atomic E-state index is 0.235. The third kappa shape index (κ3) is 4.68. The maximum Gasteiger partial charge on any atom is 0.340 e. The summed E-state index contributed by atoms with van der Waals surface area (Å²) in [6, 6.07) is 13.0. The van der Waals surface area contributed by atoms with Crippen LogP contribution in [-0.4, -0.2) is 37.1 Å². The molecule has 0 saturated heterocycles. The number of benzene rings is 2. The Labute approximate surface area is 168 Å². The first-order valence-electron chi connectivity index (χ1n) is 9.11. The molecular formula is C22H22FN3O3. The number of esters is 1. The Balaban J connectivity index is 1.69. The molecule has 2 aromatic carbocycles. The molecule has 0 fully saturated rings. The van der Waals surface area contributed by atoms with E-state index in [0.29, 0.717) is 22.3 Å². The Morgan fingerprint density at radius 1 is 1.10 bits per heavy atom. The average molecular weight is 395 g/mol. The number of hydrogen-bond acceptors (Lipinski definition) is 5. The Morgan fingerprint density at radius 3 is 2.45 bits per heavy atom. The lowest BCUT2D eigenvalue weighted by molar-refractivity contribution is -0.123. The van der Waals surface area contributed by atoms with Gasteiger partial charge in [0.05, 0.1) is 16.8 Å². The highest BCUT2D eigenvalue weighted by atomic mass is 19.1. The highest BCUT2D eigenvalue weighted by Gasteiger charge is 2.21. The predicted octanol–water partition coefficient (Wildman–Crippen LogP) is 3.93. The fraction of sp³-hybridized carbons (Fsp3) is 0.227. The molecular weight excluding hydrogens is 373 g/mol. The van der Waals surface area contributed by atoms with Crippen LogP contribution in [0, 0.1) is 12.7 Å². The predicted molar refractivity (Wildman–Crippen MR) is 111 cm³/mol. The minimum Gasteiger partial charge on any atom is -0.449 e. The number of fused-ring (bicyclic) bond motifs is 1. The monoisotopic (exact) mass is 395 g/mol. The molecule has 1 heterocycles. The van der Waals surface area contributed by atoms with Crippen LogP contribution >= 0.6 is 0 Å². The second kappa shape index (κ2) is 8.26. The molecule has 3 aromatic rings. The van der Waals surface area contributed by atoms with Crippen molar-refractivity contribution in [2.75, 3.05) is 24.3 Å². The lowest BCUT2D eigenvalue weighted by Crippen LogP contribution is -2.30. The van der Waals surface area contributed by atoms with Gasteiger partial charge in [0, 0.05) is 36.9 Å². The van der Waals surface area contributed by atoms with E-state index in [1.54, 1.807) is 31.2 Å². The van der Waals surface area contributed by atoms with E-state index in [9.17, 15) is 14.0 Å². The summed E-state index contributed by atoms with van der Waals surface area (Å²) < 4.78 is 18.7. The van der Waals surface area contributed by atoms with Crippen molar-refractivity contribution in [1.29, 1.82) is 0 Å². The molecule has 1 amide bonds. The quantitative estimate of drug-likeness (QED) is 0.663. The standard InChI is InChI=1S/C22H22FN3O3/c1-13-19(11-15-5-6-16(23)12-20(15)24-13)22(28)29-14(2)21(27)25-17-7-9-18(10-8-17)26(3)4/h5-12,14H,1-4H3,(H,25,27)/t14-/m0/s1. The van der Waals surface area contributed by atoms with E-state index in [-0.39, 0.29) is 5.56 Å². The van der Waals surface area contributed by atoms with Crippen molar-refractivity contribution >= 4 is 34.2 Å². The van der Waals surface area contributed by atoms with Crippen molar-refractivity contribution < 1.29 is 18.7 Å². The summed E-state index contributed by atoms with van der Waals surface area (Å²) in [5.41, 5.74) is 2.70. The van der Waals surface area contributed by atoms with Crippen molar-refractivity contribution in [3.8, 4) is 0 Å². The molecule has 7 heteroatoms. The average Bonchev–Trinajstić information content (AvgIpc) is 2.67. The van der Waals surface area contributed by atoms with E-state index in [0.717, 1.165) is 5.69 Å². The zero-order valence-electron chi connectivity index (χ0n) is 16.7. The second-order valence-corrected chi connectivity index (χ2v) is 6.94. The van der Waals surface area contributed by atoms with Crippen molar-refractivity contribution in [1.82, 2.24) is 4.98 Å². The fourth-order valence-corrected chi connectivity index (χ4v) is 2.81. The topological polar surface area (TPSA) is 71.5 Å². The minimum atomic E-state index is -1.00. The zero-order valence-corrected chi connectivity index (χ0v) is 16.7. The molecule has 29 heavy (non-hydrogen) atoms. The fourth-order valence-electron chi connectivity index (χ4n) is 2.81. The maximum absolute atomic E-state index is 13.4. The van der Waals surface area contributed by atoms with E-state index in [1.165, 1.54) is 19.1 Å². The highest BCUT2D eigenvalue weighted by molar-refractivity contribution is 5.99. The molecule has 0 aliphatic heterocycles. The van der Waals surface area contributed by atoms with Gasteiger partial charge in [-0.15, -0.1) is 0 Å². The van der Waals surface area contributed by atoms with Crippen molar-refractivity contribution in [3.05, 3.63) is 65.6 Å². The number of nitrogens with zero attached hydrogens (tertiary/aromatic N) is 2. The molecule has 150 valence electrons. The summed E-state index contributed by atoms with van der Waals surface area (Å²) in [5, 5.41) is 3.34. The highest BCUT2D eigenvalue weighted by Crippen LogP contribution is 2.20. The number of anilines is 2. The molecule has 6 nitrogen and oxygen atoms in total. The number of amides is 1. The first kappa shape index (κ1) is 20.3. The van der Waals surface area contributed by atoms with Crippen LogP contribution < -0.4 is 10.2 Å². The molecule has 0 radical (unpaired) electrons. The first-order valence-corrected chi connectivity index (χ1v) is 9.11. The number of ether oxygens (including phenoxy) is 1. The lowest BCUT2D eigenvalue weighted by Gasteiger charge is -2.16. The van der Waals surface area contributed by atoms with Gasteiger partial charge in [-0.2, -0.15) is 0 Å². The summed E-state index contributed by atoms with van der Waals surface area (Å²) in [7, 11) is 3.85. The normalized spacial score (nSPS) is 11.8. The Hall–Kier alpha value is -3.48. The van der Waals surface area contributed by atoms with Gasteiger partial charge in [-0.1, -0.05) is 0 Å². The molecule has 0 aliphatic rings. The molecule has 3 rings (SSSR count). The summed E-state index contributed by atoms with van der Waals surface area (Å²) in [6.45, 7) is 3.14. The van der Waals surface area contributed by atoms with Crippen LogP contribution in [0.4, 0.5) is 15.8 Å². The van der Waals surface area contributed by atoms with E-state index in [1.807, 2.05) is 31.1 Å². The Kier molecular flexibility index (Phi) is 5.77. The number of carbonyl (C=O) groups is 2. The molecule has 1 atom stereocenters. The van der Waals surface area contributed by atoms with Crippen molar-refractivity contribution in [3.63, 3.8) is 0 Å². The maximum atomic E-state index is 13.4. The van der Waals surface area contributed by atoms with Gasteiger partial charge in [0.15, 0.2) is 6.10 Å². The van der Waals surface area contributed by atoms with Crippen LogP contribution in [0.5, 0.6) is 0 Å². The summed E-state index contributed by atoms with van der Waals surface area (Å²) in [4.78, 5) is 31.1. The van der Waals surface area contributed by atoms with Gasteiger partial charge < -0.3 is 15.0 Å². The van der Waals surface area contributed by atoms with Crippen molar-refractivity contribution in [2.45, 2.75) is 20.0 Å². The largest absolute Gasteiger partial charge is 0.449 e. The van der Waals surface area contributed by atoms with Crippen LogP contribution in [-0.2, 0) is 9.53 Å². The third-order valence-electron chi connectivity index (χ3n) is 4.49. The Bertz CT molecular complexity index is 1060. The van der Waals surface area contributed by atoms with E-state index in [2.05, 4.69) is 10.3 Å². The van der Waals surface area contributed by atoms with E-state index >= 15 is 0 Å². The number of hydrogen-bond donors (Lipinski definition) is 1. The number of carbonyl (C=O) groups excluding carboxylic acids is 2. The second-order valence-electron chi connectivity index (χ2n) is 6.94. The molecule has 0 unspecified atom stereocenters. The number of rotatable bonds is 5. The Morgan fingerprint density at radius 2 is 1.79 bits per heavy atom. The van der Waals surface area contributed by atoms with Gasteiger partial charge in [0.2, 0.25) is 0 Å². The number of pyridine rings is 1. The van der Waals surface area contributed by atoms with Crippen LogP contribution in [0.25, 0.3) is 10.9 Å². The number of aromatic nitrogens is 1. The summed E-state index contributed by atoms with van der Waals surface area (Å²) in [5.74, 6) is -1.50. The summed E-state index contributed by atoms with van der Waals surface area (Å²) in [6.07, 6.45) is -1.00. The molecule has 0 aliphatic carbocycles. The van der Waals surface area contributed by atoms with Gasteiger partial charge in [0.25, 0.3) is 5.91 Å². The van der Waals surface area contributed by atoms with Gasteiger partial charge in [-0.25, -0.2) is 9.18 Å².